The quantitative estimate of drug-likeness (QED) is 0.413. The highest BCUT2D eigenvalue weighted by Gasteiger charge is 2.09. The van der Waals surface area contributed by atoms with Gasteiger partial charge in [0.1, 0.15) is 5.82 Å². The van der Waals surface area contributed by atoms with E-state index in [1.54, 1.807) is 18.0 Å². The van der Waals surface area contributed by atoms with Gasteiger partial charge in [0.25, 0.3) is 5.91 Å². The summed E-state index contributed by atoms with van der Waals surface area (Å²) in [5.41, 5.74) is 3.94. The number of hydrogen-bond acceptors (Lipinski definition) is 3. The van der Waals surface area contributed by atoms with Crippen LogP contribution < -0.4 is 5.32 Å². The largest absolute Gasteiger partial charge is 0.348 e. The Kier molecular flexibility index (Phi) is 6.30. The van der Waals surface area contributed by atoms with Crippen molar-refractivity contribution in [3.8, 4) is 5.69 Å². The molecule has 30 heavy (non-hydrogen) atoms. The van der Waals surface area contributed by atoms with Crippen LogP contribution in [0.25, 0.3) is 5.69 Å². The Bertz CT molecular complexity index is 1120. The number of carbonyl (C=O) groups excluding carboxylic acids is 1. The van der Waals surface area contributed by atoms with E-state index < -0.39 is 0 Å². The van der Waals surface area contributed by atoms with Crippen molar-refractivity contribution in [3.63, 3.8) is 0 Å². The average Bonchev–Trinajstić information content (AvgIpc) is 3.23. The fourth-order valence-electron chi connectivity index (χ4n) is 3.24. The van der Waals surface area contributed by atoms with Crippen LogP contribution in [0.1, 0.15) is 27.3 Å². The molecule has 0 aliphatic rings. The van der Waals surface area contributed by atoms with Crippen LogP contribution in [0.2, 0.25) is 0 Å². The van der Waals surface area contributed by atoms with Crippen LogP contribution in [0, 0.1) is 6.92 Å². The molecule has 0 atom stereocenters. The second kappa shape index (κ2) is 9.46. The molecule has 0 bridgehead atoms. The first kappa shape index (κ1) is 20.0. The average molecular weight is 414 g/mol. The van der Waals surface area contributed by atoms with E-state index in [9.17, 15) is 4.79 Å². The van der Waals surface area contributed by atoms with Gasteiger partial charge in [-0.1, -0.05) is 48.5 Å². The van der Waals surface area contributed by atoms with Crippen LogP contribution >= 0.6 is 11.8 Å². The molecule has 0 fully saturated rings. The van der Waals surface area contributed by atoms with Crippen LogP contribution in [0.3, 0.4) is 0 Å². The molecule has 5 heteroatoms. The van der Waals surface area contributed by atoms with Crippen molar-refractivity contribution in [2.24, 2.45) is 0 Å². The van der Waals surface area contributed by atoms with Crippen molar-refractivity contribution in [1.29, 1.82) is 0 Å². The molecule has 1 aromatic heterocycles. The third-order valence-electron chi connectivity index (χ3n) is 4.88. The molecule has 0 saturated heterocycles. The van der Waals surface area contributed by atoms with E-state index in [1.165, 1.54) is 10.5 Å². The number of benzene rings is 3. The number of nitrogens with one attached hydrogen (secondary N) is 1. The zero-order chi connectivity index (χ0) is 20.8. The summed E-state index contributed by atoms with van der Waals surface area (Å²) >= 11 is 1.79. The monoisotopic (exact) mass is 413 g/mol. The first-order valence-electron chi connectivity index (χ1n) is 9.84. The summed E-state index contributed by atoms with van der Waals surface area (Å²) in [5.74, 6) is 1.72. The molecule has 0 aliphatic heterocycles. The zero-order valence-corrected chi connectivity index (χ0v) is 17.6. The number of para-hydroxylation sites is 1. The Balaban J connectivity index is 1.37. The van der Waals surface area contributed by atoms with Gasteiger partial charge in [-0.3, -0.25) is 4.79 Å². The highest BCUT2D eigenvalue weighted by Crippen LogP contribution is 2.22. The lowest BCUT2D eigenvalue weighted by molar-refractivity contribution is 0.0951. The van der Waals surface area contributed by atoms with Gasteiger partial charge in [-0.25, -0.2) is 4.98 Å². The Labute approximate surface area is 181 Å². The van der Waals surface area contributed by atoms with Gasteiger partial charge in [-0.15, -0.1) is 11.8 Å². The Morgan fingerprint density at radius 2 is 1.70 bits per heavy atom. The van der Waals surface area contributed by atoms with E-state index >= 15 is 0 Å². The topological polar surface area (TPSA) is 46.9 Å². The van der Waals surface area contributed by atoms with Crippen LogP contribution in [0.5, 0.6) is 0 Å². The molecule has 4 aromatic rings. The summed E-state index contributed by atoms with van der Waals surface area (Å²) in [5, 5.41) is 3.04. The number of carbonyl (C=O) groups is 1. The molecule has 3 aromatic carbocycles. The van der Waals surface area contributed by atoms with Gasteiger partial charge in [-0.2, -0.15) is 0 Å². The molecule has 1 amide bonds. The second-order valence-corrected chi connectivity index (χ2v) is 8.00. The Morgan fingerprint density at radius 1 is 0.967 bits per heavy atom. The maximum atomic E-state index is 12.6. The Morgan fingerprint density at radius 3 is 2.43 bits per heavy atom. The summed E-state index contributed by atoms with van der Waals surface area (Å²) in [6.07, 6.45) is 3.71. The summed E-state index contributed by atoms with van der Waals surface area (Å²) in [7, 11) is 0. The van der Waals surface area contributed by atoms with Gasteiger partial charge in [-0.05, 0) is 48.4 Å². The van der Waals surface area contributed by atoms with Gasteiger partial charge in [0.15, 0.2) is 0 Å². The van der Waals surface area contributed by atoms with Crippen LogP contribution in [0.15, 0.2) is 96.2 Å². The first-order chi connectivity index (χ1) is 14.7. The maximum absolute atomic E-state index is 12.6. The standard InChI is InChI=1S/C25H23N3OS/c1-19-26-15-16-28(19)24-10-6-5-7-22(24)17-27-25(29)21-13-11-20(12-14-21)18-30-23-8-3-2-4-9-23/h2-16H,17-18H2,1H3,(H,27,29). The minimum atomic E-state index is -0.0746. The van der Waals surface area contributed by atoms with E-state index in [0.29, 0.717) is 12.1 Å². The Hall–Kier alpha value is -3.31. The van der Waals surface area contributed by atoms with Crippen molar-refractivity contribution < 1.29 is 4.79 Å². The van der Waals surface area contributed by atoms with Crippen molar-refractivity contribution in [3.05, 3.63) is 114 Å². The molecule has 0 spiro atoms. The molecule has 0 aliphatic carbocycles. The molecular weight excluding hydrogens is 390 g/mol. The molecule has 4 nitrogen and oxygen atoms in total. The van der Waals surface area contributed by atoms with E-state index in [4.69, 9.17) is 0 Å². The third-order valence-corrected chi connectivity index (χ3v) is 5.96. The van der Waals surface area contributed by atoms with E-state index in [1.807, 2.05) is 84.4 Å². The van der Waals surface area contributed by atoms with Crippen molar-refractivity contribution in [1.82, 2.24) is 14.9 Å². The molecular formula is C25H23N3OS. The summed E-state index contributed by atoms with van der Waals surface area (Å²) in [6.45, 7) is 2.42. The van der Waals surface area contributed by atoms with Gasteiger partial charge in [0.2, 0.25) is 0 Å². The number of imidazole rings is 1. The van der Waals surface area contributed by atoms with E-state index in [2.05, 4.69) is 22.4 Å². The first-order valence-corrected chi connectivity index (χ1v) is 10.8. The normalized spacial score (nSPS) is 10.7. The highest BCUT2D eigenvalue weighted by atomic mass is 32.2. The number of aryl methyl sites for hydroxylation is 1. The minimum Gasteiger partial charge on any atom is -0.348 e. The van der Waals surface area contributed by atoms with Gasteiger partial charge in [0.05, 0.1) is 5.69 Å². The molecule has 1 heterocycles. The smallest absolute Gasteiger partial charge is 0.251 e. The van der Waals surface area contributed by atoms with Crippen molar-refractivity contribution in [2.75, 3.05) is 0 Å². The molecule has 0 unspecified atom stereocenters. The number of nitrogens with zero attached hydrogens (tertiary/aromatic N) is 2. The number of amides is 1. The highest BCUT2D eigenvalue weighted by molar-refractivity contribution is 7.98. The number of rotatable bonds is 7. The molecule has 4 rings (SSSR count). The number of thioether (sulfide) groups is 1. The van der Waals surface area contributed by atoms with E-state index in [-0.39, 0.29) is 5.91 Å². The second-order valence-electron chi connectivity index (χ2n) is 6.95. The zero-order valence-electron chi connectivity index (χ0n) is 16.8. The molecule has 0 saturated carbocycles. The number of hydrogen-bond donors (Lipinski definition) is 1. The third kappa shape index (κ3) is 4.81. The van der Waals surface area contributed by atoms with Crippen LogP contribution in [-0.2, 0) is 12.3 Å². The fourth-order valence-corrected chi connectivity index (χ4v) is 4.12. The minimum absolute atomic E-state index is 0.0746. The van der Waals surface area contributed by atoms with Gasteiger partial charge >= 0.3 is 0 Å². The van der Waals surface area contributed by atoms with E-state index in [0.717, 1.165) is 22.8 Å². The van der Waals surface area contributed by atoms with Gasteiger partial charge in [0, 0.05) is 35.2 Å². The van der Waals surface area contributed by atoms with Crippen LogP contribution in [0.4, 0.5) is 0 Å². The lowest BCUT2D eigenvalue weighted by Crippen LogP contribution is -2.23. The lowest BCUT2D eigenvalue weighted by Gasteiger charge is -2.13. The van der Waals surface area contributed by atoms with Crippen molar-refractivity contribution >= 4 is 17.7 Å². The molecule has 150 valence electrons. The number of aromatic nitrogens is 2. The lowest BCUT2D eigenvalue weighted by atomic mass is 10.1. The predicted octanol–water partition coefficient (Wildman–Crippen LogP) is 5.40. The van der Waals surface area contributed by atoms with Gasteiger partial charge < -0.3 is 9.88 Å². The summed E-state index contributed by atoms with van der Waals surface area (Å²) in [4.78, 5) is 18.2. The summed E-state index contributed by atoms with van der Waals surface area (Å²) in [6, 6.07) is 26.2. The maximum Gasteiger partial charge on any atom is 0.251 e. The van der Waals surface area contributed by atoms with Crippen molar-refractivity contribution in [2.45, 2.75) is 24.1 Å². The predicted molar refractivity (Wildman–Crippen MR) is 122 cm³/mol. The fraction of sp³-hybridized carbons (Fsp3) is 0.120. The molecule has 0 radical (unpaired) electrons. The molecule has 1 N–H and O–H groups in total. The summed E-state index contributed by atoms with van der Waals surface area (Å²) < 4.78 is 2.03. The van der Waals surface area contributed by atoms with Crippen LogP contribution in [-0.4, -0.2) is 15.5 Å². The SMILES string of the molecule is Cc1nccn1-c1ccccc1CNC(=O)c1ccc(CSc2ccccc2)cc1.